The van der Waals surface area contributed by atoms with E-state index in [1.165, 1.54) is 0 Å². The number of aliphatic carboxylic acids is 1. The average Bonchev–Trinajstić information content (AvgIpc) is 2.77. The molecule has 0 unspecified atom stereocenters. The standard InChI is InChI=1S/C13H16ClNO3/c14-10-3-1-4-11(9-10)18-8-7-15-6-2-5-12(15)13(16)17/h1,3-4,9,12H,2,5-8H2,(H,16,17)/t12-/m1/s1. The predicted molar refractivity (Wildman–Crippen MR) is 69.2 cm³/mol. The van der Waals surface area contributed by atoms with Gasteiger partial charge in [-0.1, -0.05) is 17.7 Å². The second-order valence-corrected chi connectivity index (χ2v) is 4.77. The van der Waals surface area contributed by atoms with Crippen molar-refractivity contribution in [3.63, 3.8) is 0 Å². The van der Waals surface area contributed by atoms with Crippen LogP contribution in [0.4, 0.5) is 0 Å². The molecule has 0 radical (unpaired) electrons. The van der Waals surface area contributed by atoms with Gasteiger partial charge in [0.05, 0.1) is 0 Å². The maximum atomic E-state index is 11.0. The largest absolute Gasteiger partial charge is 0.492 e. The topological polar surface area (TPSA) is 49.8 Å². The highest BCUT2D eigenvalue weighted by atomic mass is 35.5. The van der Waals surface area contributed by atoms with E-state index < -0.39 is 5.97 Å². The van der Waals surface area contributed by atoms with Gasteiger partial charge < -0.3 is 9.84 Å². The van der Waals surface area contributed by atoms with Gasteiger partial charge in [0.2, 0.25) is 0 Å². The SMILES string of the molecule is O=C(O)[C@H]1CCCN1CCOc1cccc(Cl)c1. The van der Waals surface area contributed by atoms with Crippen LogP contribution in [0.25, 0.3) is 0 Å². The minimum absolute atomic E-state index is 0.354. The molecule has 0 spiro atoms. The quantitative estimate of drug-likeness (QED) is 0.891. The number of carboxylic acid groups (broad SMARTS) is 1. The molecule has 1 atom stereocenters. The fourth-order valence-corrected chi connectivity index (χ4v) is 2.39. The molecule has 1 aliphatic rings. The highest BCUT2D eigenvalue weighted by molar-refractivity contribution is 6.30. The Balaban J connectivity index is 1.80. The van der Waals surface area contributed by atoms with Gasteiger partial charge in [0.1, 0.15) is 18.4 Å². The van der Waals surface area contributed by atoms with E-state index in [9.17, 15) is 4.79 Å². The summed E-state index contributed by atoms with van der Waals surface area (Å²) >= 11 is 5.85. The van der Waals surface area contributed by atoms with Crippen molar-refractivity contribution in [3.05, 3.63) is 29.3 Å². The Morgan fingerprint density at radius 3 is 3.11 bits per heavy atom. The molecule has 1 fully saturated rings. The molecular formula is C13H16ClNO3. The van der Waals surface area contributed by atoms with Crippen molar-refractivity contribution >= 4 is 17.6 Å². The third-order valence-electron chi connectivity index (χ3n) is 3.09. The zero-order valence-corrected chi connectivity index (χ0v) is 10.8. The number of ether oxygens (including phenoxy) is 1. The number of hydrogen-bond acceptors (Lipinski definition) is 3. The summed E-state index contributed by atoms with van der Waals surface area (Å²) in [4.78, 5) is 12.9. The van der Waals surface area contributed by atoms with Gasteiger partial charge in [-0.05, 0) is 37.6 Å². The van der Waals surface area contributed by atoms with Crippen molar-refractivity contribution in [2.45, 2.75) is 18.9 Å². The van der Waals surface area contributed by atoms with Gasteiger partial charge in [-0.25, -0.2) is 0 Å². The molecule has 1 aromatic rings. The number of benzene rings is 1. The summed E-state index contributed by atoms with van der Waals surface area (Å²) in [5.41, 5.74) is 0. The summed E-state index contributed by atoms with van der Waals surface area (Å²) in [7, 11) is 0. The van der Waals surface area contributed by atoms with Crippen molar-refractivity contribution in [2.75, 3.05) is 19.7 Å². The molecule has 1 saturated heterocycles. The Labute approximate surface area is 111 Å². The van der Waals surface area contributed by atoms with Crippen LogP contribution in [0, 0.1) is 0 Å². The molecule has 1 heterocycles. The second kappa shape index (κ2) is 6.07. The van der Waals surface area contributed by atoms with E-state index in [-0.39, 0.29) is 6.04 Å². The molecule has 0 aliphatic carbocycles. The summed E-state index contributed by atoms with van der Waals surface area (Å²) < 4.78 is 5.56. The number of hydrogen-bond donors (Lipinski definition) is 1. The second-order valence-electron chi connectivity index (χ2n) is 4.34. The van der Waals surface area contributed by atoms with Crippen molar-refractivity contribution in [2.24, 2.45) is 0 Å². The lowest BCUT2D eigenvalue weighted by Gasteiger charge is -2.20. The van der Waals surface area contributed by atoms with Gasteiger partial charge in [-0.15, -0.1) is 0 Å². The first-order valence-electron chi connectivity index (χ1n) is 6.02. The molecule has 1 aromatic carbocycles. The van der Waals surface area contributed by atoms with E-state index in [1.807, 2.05) is 17.0 Å². The third-order valence-corrected chi connectivity index (χ3v) is 3.33. The zero-order valence-electron chi connectivity index (χ0n) is 10.0. The maximum absolute atomic E-state index is 11.0. The summed E-state index contributed by atoms with van der Waals surface area (Å²) in [5.74, 6) is -0.0242. The normalized spacial score (nSPS) is 19.9. The van der Waals surface area contributed by atoms with E-state index in [4.69, 9.17) is 21.4 Å². The summed E-state index contributed by atoms with van der Waals surface area (Å²) in [5, 5.41) is 9.67. The first-order chi connectivity index (χ1) is 8.66. The third kappa shape index (κ3) is 3.37. The molecule has 1 aliphatic heterocycles. The van der Waals surface area contributed by atoms with Crippen LogP contribution >= 0.6 is 11.6 Å². The van der Waals surface area contributed by atoms with E-state index >= 15 is 0 Å². The van der Waals surface area contributed by atoms with Crippen LogP contribution in [0.2, 0.25) is 5.02 Å². The van der Waals surface area contributed by atoms with E-state index in [1.54, 1.807) is 12.1 Å². The average molecular weight is 270 g/mol. The maximum Gasteiger partial charge on any atom is 0.320 e. The van der Waals surface area contributed by atoms with Crippen LogP contribution in [-0.2, 0) is 4.79 Å². The van der Waals surface area contributed by atoms with Crippen LogP contribution < -0.4 is 4.74 Å². The molecule has 0 saturated carbocycles. The Hall–Kier alpha value is -1.26. The van der Waals surface area contributed by atoms with Gasteiger partial charge in [0.25, 0.3) is 0 Å². The fraction of sp³-hybridized carbons (Fsp3) is 0.462. The van der Waals surface area contributed by atoms with Crippen molar-refractivity contribution in [3.8, 4) is 5.75 Å². The molecule has 18 heavy (non-hydrogen) atoms. The van der Waals surface area contributed by atoms with Gasteiger partial charge in [0.15, 0.2) is 0 Å². The first kappa shape index (κ1) is 13.2. The van der Waals surface area contributed by atoms with Crippen LogP contribution in [0.15, 0.2) is 24.3 Å². The molecule has 0 amide bonds. The molecule has 0 aromatic heterocycles. The number of nitrogens with zero attached hydrogens (tertiary/aromatic N) is 1. The van der Waals surface area contributed by atoms with Crippen LogP contribution in [0.5, 0.6) is 5.75 Å². The van der Waals surface area contributed by atoms with Gasteiger partial charge in [0, 0.05) is 11.6 Å². The molecule has 1 N–H and O–H groups in total. The first-order valence-corrected chi connectivity index (χ1v) is 6.40. The van der Waals surface area contributed by atoms with Crippen molar-refractivity contribution in [1.29, 1.82) is 0 Å². The Morgan fingerprint density at radius 2 is 2.39 bits per heavy atom. The van der Waals surface area contributed by atoms with Crippen molar-refractivity contribution < 1.29 is 14.6 Å². The van der Waals surface area contributed by atoms with E-state index in [0.717, 1.165) is 19.4 Å². The minimum Gasteiger partial charge on any atom is -0.492 e. The van der Waals surface area contributed by atoms with E-state index in [0.29, 0.717) is 23.9 Å². The van der Waals surface area contributed by atoms with Gasteiger partial charge in [-0.3, -0.25) is 9.69 Å². The summed E-state index contributed by atoms with van der Waals surface area (Å²) in [6, 6.07) is 6.85. The van der Waals surface area contributed by atoms with Gasteiger partial charge >= 0.3 is 5.97 Å². The lowest BCUT2D eigenvalue weighted by Crippen LogP contribution is -2.38. The summed E-state index contributed by atoms with van der Waals surface area (Å²) in [6.45, 7) is 1.93. The van der Waals surface area contributed by atoms with E-state index in [2.05, 4.69) is 0 Å². The Bertz CT molecular complexity index is 424. The molecule has 2 rings (SSSR count). The fourth-order valence-electron chi connectivity index (χ4n) is 2.21. The van der Waals surface area contributed by atoms with Crippen LogP contribution in [0.1, 0.15) is 12.8 Å². The van der Waals surface area contributed by atoms with Crippen molar-refractivity contribution in [1.82, 2.24) is 4.90 Å². The monoisotopic (exact) mass is 269 g/mol. The molecule has 0 bridgehead atoms. The number of likely N-dealkylation sites (tertiary alicyclic amines) is 1. The highest BCUT2D eigenvalue weighted by Crippen LogP contribution is 2.19. The summed E-state index contributed by atoms with van der Waals surface area (Å²) in [6.07, 6.45) is 1.67. The molecule has 4 nitrogen and oxygen atoms in total. The van der Waals surface area contributed by atoms with Crippen LogP contribution in [0.3, 0.4) is 0 Å². The van der Waals surface area contributed by atoms with Crippen LogP contribution in [-0.4, -0.2) is 41.7 Å². The number of carboxylic acids is 1. The number of halogens is 1. The lowest BCUT2D eigenvalue weighted by molar-refractivity contribution is -0.142. The predicted octanol–water partition coefficient (Wildman–Crippen LogP) is 2.27. The molecular weight excluding hydrogens is 254 g/mol. The molecule has 98 valence electrons. The Kier molecular flexibility index (Phi) is 4.44. The number of carbonyl (C=O) groups is 1. The minimum atomic E-state index is -0.741. The zero-order chi connectivity index (χ0) is 13.0. The van der Waals surface area contributed by atoms with Gasteiger partial charge in [-0.2, -0.15) is 0 Å². The lowest BCUT2D eigenvalue weighted by atomic mass is 10.2. The Morgan fingerprint density at radius 1 is 1.56 bits per heavy atom. The smallest absolute Gasteiger partial charge is 0.320 e. The highest BCUT2D eigenvalue weighted by Gasteiger charge is 2.29. The number of rotatable bonds is 5. The molecule has 5 heteroatoms.